The fourth-order valence-electron chi connectivity index (χ4n) is 4.06. The SMILES string of the molecule is CCn1ccnc1[C@H](CC(=O)O)NC(=O)OCC1c2ccccc2-c2ccccc21. The number of hydrogen-bond acceptors (Lipinski definition) is 4. The van der Waals surface area contributed by atoms with E-state index >= 15 is 0 Å². The summed E-state index contributed by atoms with van der Waals surface area (Å²) in [5, 5.41) is 11.9. The lowest BCUT2D eigenvalue weighted by molar-refractivity contribution is -0.137. The van der Waals surface area contributed by atoms with Gasteiger partial charge in [0, 0.05) is 24.9 Å². The van der Waals surface area contributed by atoms with Gasteiger partial charge in [-0.1, -0.05) is 48.5 Å². The monoisotopic (exact) mass is 405 g/mol. The molecule has 1 heterocycles. The van der Waals surface area contributed by atoms with E-state index in [2.05, 4.69) is 22.4 Å². The normalized spacial score (nSPS) is 13.4. The maximum atomic E-state index is 12.5. The number of nitrogens with zero attached hydrogens (tertiary/aromatic N) is 2. The molecule has 0 bridgehead atoms. The van der Waals surface area contributed by atoms with Gasteiger partial charge >= 0.3 is 12.1 Å². The van der Waals surface area contributed by atoms with Crippen molar-refractivity contribution in [3.05, 3.63) is 77.9 Å². The molecule has 3 aromatic rings. The maximum absolute atomic E-state index is 12.5. The largest absolute Gasteiger partial charge is 0.481 e. The average molecular weight is 405 g/mol. The molecule has 1 aromatic heterocycles. The number of aromatic nitrogens is 2. The number of ether oxygens (including phenoxy) is 1. The summed E-state index contributed by atoms with van der Waals surface area (Å²) in [6.07, 6.45) is 2.41. The Labute approximate surface area is 174 Å². The van der Waals surface area contributed by atoms with E-state index in [-0.39, 0.29) is 18.9 Å². The molecule has 2 N–H and O–H groups in total. The molecule has 7 heteroatoms. The van der Waals surface area contributed by atoms with Gasteiger partial charge in [-0.15, -0.1) is 0 Å². The Balaban J connectivity index is 1.48. The van der Waals surface area contributed by atoms with Crippen LogP contribution in [0.25, 0.3) is 11.1 Å². The lowest BCUT2D eigenvalue weighted by atomic mass is 9.98. The first-order valence-corrected chi connectivity index (χ1v) is 9.92. The van der Waals surface area contributed by atoms with E-state index in [1.54, 1.807) is 17.0 Å². The van der Waals surface area contributed by atoms with Crippen molar-refractivity contribution in [3.8, 4) is 11.1 Å². The Kier molecular flexibility index (Phi) is 5.52. The number of carboxylic acids is 1. The zero-order valence-corrected chi connectivity index (χ0v) is 16.6. The van der Waals surface area contributed by atoms with Gasteiger partial charge in [-0.05, 0) is 29.2 Å². The summed E-state index contributed by atoms with van der Waals surface area (Å²) in [5.41, 5.74) is 4.54. The average Bonchev–Trinajstić information content (AvgIpc) is 3.34. The number of fused-ring (bicyclic) bond motifs is 3. The third-order valence-electron chi connectivity index (χ3n) is 5.41. The molecule has 7 nitrogen and oxygen atoms in total. The molecule has 0 radical (unpaired) electrons. The number of benzene rings is 2. The first kappa shape index (κ1) is 19.7. The lowest BCUT2D eigenvalue weighted by Crippen LogP contribution is -2.33. The minimum Gasteiger partial charge on any atom is -0.481 e. The van der Waals surface area contributed by atoms with Crippen molar-refractivity contribution in [1.29, 1.82) is 0 Å². The van der Waals surface area contributed by atoms with Crippen LogP contribution in [0.4, 0.5) is 4.79 Å². The van der Waals surface area contributed by atoms with E-state index in [9.17, 15) is 14.7 Å². The van der Waals surface area contributed by atoms with Crippen LogP contribution in [-0.4, -0.2) is 33.3 Å². The van der Waals surface area contributed by atoms with Crippen molar-refractivity contribution in [3.63, 3.8) is 0 Å². The molecule has 1 aliphatic carbocycles. The molecular weight excluding hydrogens is 382 g/mol. The Morgan fingerprint density at radius 1 is 1.13 bits per heavy atom. The van der Waals surface area contributed by atoms with E-state index in [4.69, 9.17) is 4.74 Å². The van der Waals surface area contributed by atoms with E-state index < -0.39 is 18.1 Å². The molecule has 1 atom stereocenters. The molecule has 0 aliphatic heterocycles. The van der Waals surface area contributed by atoms with Gasteiger partial charge in [-0.2, -0.15) is 0 Å². The van der Waals surface area contributed by atoms with Crippen LogP contribution in [0.5, 0.6) is 0 Å². The molecule has 30 heavy (non-hydrogen) atoms. The molecule has 1 aliphatic rings. The number of imidazole rings is 1. The zero-order chi connectivity index (χ0) is 21.1. The molecular formula is C23H23N3O4. The molecule has 1 amide bonds. The van der Waals surface area contributed by atoms with Crippen molar-refractivity contribution < 1.29 is 19.4 Å². The zero-order valence-electron chi connectivity index (χ0n) is 16.6. The number of amides is 1. The van der Waals surface area contributed by atoms with Gasteiger partial charge in [-0.3, -0.25) is 4.79 Å². The van der Waals surface area contributed by atoms with Crippen LogP contribution in [0.15, 0.2) is 60.9 Å². The second-order valence-electron chi connectivity index (χ2n) is 7.19. The predicted octanol–water partition coefficient (Wildman–Crippen LogP) is 3.96. The van der Waals surface area contributed by atoms with Crippen molar-refractivity contribution in [1.82, 2.24) is 14.9 Å². The second kappa shape index (κ2) is 8.41. The number of carbonyl (C=O) groups is 2. The van der Waals surface area contributed by atoms with Gasteiger partial charge in [0.2, 0.25) is 0 Å². The van der Waals surface area contributed by atoms with Gasteiger partial charge < -0.3 is 19.7 Å². The highest BCUT2D eigenvalue weighted by Crippen LogP contribution is 2.44. The first-order valence-electron chi connectivity index (χ1n) is 9.92. The van der Waals surface area contributed by atoms with Crippen LogP contribution in [0.3, 0.4) is 0 Å². The van der Waals surface area contributed by atoms with Crippen LogP contribution in [0.2, 0.25) is 0 Å². The molecule has 0 fully saturated rings. The fourth-order valence-corrected chi connectivity index (χ4v) is 4.06. The summed E-state index contributed by atoms with van der Waals surface area (Å²) in [6, 6.07) is 15.4. The van der Waals surface area contributed by atoms with E-state index in [0.29, 0.717) is 12.4 Å². The number of hydrogen-bond donors (Lipinski definition) is 2. The third kappa shape index (κ3) is 3.78. The van der Waals surface area contributed by atoms with Crippen molar-refractivity contribution >= 4 is 12.1 Å². The summed E-state index contributed by atoms with van der Waals surface area (Å²) < 4.78 is 7.35. The van der Waals surface area contributed by atoms with Gasteiger partial charge in [0.25, 0.3) is 0 Å². The third-order valence-corrected chi connectivity index (χ3v) is 5.41. The fraction of sp³-hybridized carbons (Fsp3) is 0.261. The van der Waals surface area contributed by atoms with E-state index in [0.717, 1.165) is 22.3 Å². The quantitative estimate of drug-likeness (QED) is 0.621. The summed E-state index contributed by atoms with van der Waals surface area (Å²) in [5.74, 6) is -0.586. The molecule has 154 valence electrons. The molecule has 2 aromatic carbocycles. The molecule has 0 saturated heterocycles. The lowest BCUT2D eigenvalue weighted by Gasteiger charge is -2.19. The Morgan fingerprint density at radius 3 is 2.37 bits per heavy atom. The second-order valence-corrected chi connectivity index (χ2v) is 7.19. The number of carboxylic acid groups (broad SMARTS) is 1. The topological polar surface area (TPSA) is 93.5 Å². The minimum atomic E-state index is -1.02. The van der Waals surface area contributed by atoms with Gasteiger partial charge in [0.15, 0.2) is 0 Å². The minimum absolute atomic E-state index is 0.0568. The highest BCUT2D eigenvalue weighted by molar-refractivity contribution is 5.79. The van der Waals surface area contributed by atoms with Gasteiger partial charge in [-0.25, -0.2) is 9.78 Å². The van der Waals surface area contributed by atoms with Gasteiger partial charge in [0.1, 0.15) is 18.5 Å². The first-order chi connectivity index (χ1) is 14.6. The van der Waals surface area contributed by atoms with E-state index in [1.165, 1.54) is 0 Å². The Morgan fingerprint density at radius 2 is 1.77 bits per heavy atom. The van der Waals surface area contributed by atoms with Crippen LogP contribution in [0, 0.1) is 0 Å². The van der Waals surface area contributed by atoms with Crippen LogP contribution < -0.4 is 5.32 Å². The number of aryl methyl sites for hydroxylation is 1. The summed E-state index contributed by atoms with van der Waals surface area (Å²) in [7, 11) is 0. The van der Waals surface area contributed by atoms with Gasteiger partial charge in [0.05, 0.1) is 6.42 Å². The maximum Gasteiger partial charge on any atom is 0.407 e. The highest BCUT2D eigenvalue weighted by Gasteiger charge is 2.30. The molecule has 0 spiro atoms. The predicted molar refractivity (Wildman–Crippen MR) is 111 cm³/mol. The summed E-state index contributed by atoms with van der Waals surface area (Å²) >= 11 is 0. The van der Waals surface area contributed by atoms with Crippen LogP contribution in [0.1, 0.15) is 42.3 Å². The molecule has 0 unspecified atom stereocenters. The Bertz CT molecular complexity index is 1030. The number of rotatable bonds is 7. The highest BCUT2D eigenvalue weighted by atomic mass is 16.5. The number of carbonyl (C=O) groups excluding carboxylic acids is 1. The molecule has 4 rings (SSSR count). The van der Waals surface area contributed by atoms with Crippen LogP contribution in [-0.2, 0) is 16.1 Å². The van der Waals surface area contributed by atoms with E-state index in [1.807, 2.05) is 43.3 Å². The Hall–Kier alpha value is -3.61. The smallest absolute Gasteiger partial charge is 0.407 e. The summed E-state index contributed by atoms with van der Waals surface area (Å²) in [6.45, 7) is 2.72. The standard InChI is InChI=1S/C23H23N3O4/c1-2-26-12-11-24-22(26)20(13-21(27)28)25-23(29)30-14-19-17-9-5-3-7-15(17)16-8-4-6-10-18(16)19/h3-12,19-20H,2,13-14H2,1H3,(H,25,29)(H,27,28)/t20-/m0/s1. The number of aliphatic carboxylic acids is 1. The van der Waals surface area contributed by atoms with Crippen molar-refractivity contribution in [2.75, 3.05) is 6.61 Å². The summed E-state index contributed by atoms with van der Waals surface area (Å²) in [4.78, 5) is 28.1. The number of alkyl carbamates (subject to hydrolysis) is 1. The molecule has 0 saturated carbocycles. The van der Waals surface area contributed by atoms with Crippen molar-refractivity contribution in [2.24, 2.45) is 0 Å². The van der Waals surface area contributed by atoms with Crippen LogP contribution >= 0.6 is 0 Å². The van der Waals surface area contributed by atoms with Crippen molar-refractivity contribution in [2.45, 2.75) is 31.8 Å². The number of nitrogens with one attached hydrogen (secondary N) is 1.